The van der Waals surface area contributed by atoms with E-state index >= 15 is 0 Å². The Bertz CT molecular complexity index is 883. The molecule has 2 saturated heterocycles. The van der Waals surface area contributed by atoms with E-state index in [1.807, 2.05) is 36.4 Å². The van der Waals surface area contributed by atoms with E-state index < -0.39 is 6.09 Å². The number of cyclic esters (lactones) is 1. The summed E-state index contributed by atoms with van der Waals surface area (Å²) in [5.74, 6) is 0.122. The Morgan fingerprint density at radius 1 is 1.11 bits per heavy atom. The van der Waals surface area contributed by atoms with Crippen LogP contribution in [0, 0.1) is 0 Å². The molecule has 0 saturated carbocycles. The van der Waals surface area contributed by atoms with Crippen molar-refractivity contribution in [1.29, 1.82) is 0 Å². The van der Waals surface area contributed by atoms with Crippen LogP contribution < -0.4 is 4.74 Å². The summed E-state index contributed by atoms with van der Waals surface area (Å²) in [7, 11) is 0. The minimum absolute atomic E-state index is 0.146. The average molecular weight is 380 g/mol. The predicted octanol–water partition coefficient (Wildman–Crippen LogP) is 2.46. The third-order valence-electron chi connectivity index (χ3n) is 4.93. The molecule has 2 aliphatic heterocycles. The van der Waals surface area contributed by atoms with Crippen LogP contribution in [0.3, 0.4) is 0 Å². The van der Waals surface area contributed by atoms with Crippen LogP contribution in [-0.2, 0) is 16.1 Å². The van der Waals surface area contributed by atoms with Gasteiger partial charge in [0.25, 0.3) is 11.8 Å². The predicted molar refractivity (Wildman–Crippen MR) is 99.7 cm³/mol. The van der Waals surface area contributed by atoms with Crippen molar-refractivity contribution in [3.63, 3.8) is 0 Å². The number of benzene rings is 2. The van der Waals surface area contributed by atoms with Gasteiger partial charge < -0.3 is 14.4 Å². The van der Waals surface area contributed by atoms with E-state index in [0.29, 0.717) is 37.4 Å². The van der Waals surface area contributed by atoms with Gasteiger partial charge in [-0.3, -0.25) is 9.59 Å². The lowest BCUT2D eigenvalue weighted by molar-refractivity contribution is -0.127. The van der Waals surface area contributed by atoms with E-state index in [-0.39, 0.29) is 24.5 Å². The molecule has 0 spiro atoms. The molecule has 28 heavy (non-hydrogen) atoms. The van der Waals surface area contributed by atoms with Gasteiger partial charge in [-0.15, -0.1) is 0 Å². The smallest absolute Gasteiger partial charge is 0.417 e. The summed E-state index contributed by atoms with van der Waals surface area (Å²) >= 11 is 0. The van der Waals surface area contributed by atoms with Crippen LogP contribution in [0.1, 0.15) is 22.3 Å². The third-order valence-corrected chi connectivity index (χ3v) is 4.93. The van der Waals surface area contributed by atoms with E-state index in [0.717, 1.165) is 10.5 Å². The Morgan fingerprint density at radius 2 is 1.93 bits per heavy atom. The van der Waals surface area contributed by atoms with Crippen molar-refractivity contribution in [3.05, 3.63) is 65.7 Å². The van der Waals surface area contributed by atoms with Gasteiger partial charge >= 0.3 is 6.09 Å². The Kier molecular flexibility index (Phi) is 4.97. The van der Waals surface area contributed by atoms with Crippen molar-refractivity contribution in [2.24, 2.45) is 0 Å². The largest absolute Gasteiger partial charge is 0.489 e. The lowest BCUT2D eigenvalue weighted by Gasteiger charge is -2.20. The lowest BCUT2D eigenvalue weighted by Crippen LogP contribution is -2.42. The zero-order valence-electron chi connectivity index (χ0n) is 15.2. The first-order valence-corrected chi connectivity index (χ1v) is 9.17. The molecule has 2 aromatic carbocycles. The summed E-state index contributed by atoms with van der Waals surface area (Å²) in [5, 5.41) is 0. The summed E-state index contributed by atoms with van der Waals surface area (Å²) in [6, 6.07) is 16.5. The summed E-state index contributed by atoms with van der Waals surface area (Å²) < 4.78 is 10.6. The van der Waals surface area contributed by atoms with Gasteiger partial charge in [0, 0.05) is 18.7 Å². The molecule has 0 N–H and O–H groups in total. The van der Waals surface area contributed by atoms with Crippen molar-refractivity contribution < 1.29 is 23.9 Å². The minimum Gasteiger partial charge on any atom is -0.489 e. The van der Waals surface area contributed by atoms with E-state index in [9.17, 15) is 14.4 Å². The van der Waals surface area contributed by atoms with Crippen LogP contribution in [0.25, 0.3) is 0 Å². The highest BCUT2D eigenvalue weighted by molar-refractivity contribution is 5.99. The second-order valence-electron chi connectivity index (χ2n) is 6.81. The van der Waals surface area contributed by atoms with Gasteiger partial charge in [-0.25, -0.2) is 9.69 Å². The fraction of sp³-hybridized carbons (Fsp3) is 0.286. The van der Waals surface area contributed by atoms with Crippen molar-refractivity contribution in [2.45, 2.75) is 19.1 Å². The van der Waals surface area contributed by atoms with Crippen molar-refractivity contribution in [2.75, 3.05) is 19.7 Å². The molecule has 4 rings (SSSR count). The topological polar surface area (TPSA) is 76.2 Å². The number of carbonyl (C=O) groups excluding carboxylic acids is 3. The monoisotopic (exact) mass is 380 g/mol. The number of amides is 3. The van der Waals surface area contributed by atoms with E-state index in [1.54, 1.807) is 23.1 Å². The molecule has 3 amide bonds. The molecule has 0 radical (unpaired) electrons. The van der Waals surface area contributed by atoms with Crippen molar-refractivity contribution in [3.8, 4) is 5.75 Å². The fourth-order valence-electron chi connectivity index (χ4n) is 3.50. The molecule has 0 aromatic heterocycles. The van der Waals surface area contributed by atoms with Gasteiger partial charge in [-0.1, -0.05) is 36.4 Å². The van der Waals surface area contributed by atoms with Gasteiger partial charge in [0.05, 0.1) is 6.04 Å². The van der Waals surface area contributed by atoms with E-state index in [1.165, 1.54) is 0 Å². The molecular formula is C21H20N2O5. The van der Waals surface area contributed by atoms with E-state index in [2.05, 4.69) is 0 Å². The Labute approximate surface area is 162 Å². The van der Waals surface area contributed by atoms with Crippen molar-refractivity contribution in [1.82, 2.24) is 9.80 Å². The Balaban J connectivity index is 1.40. The number of rotatable bonds is 5. The molecule has 1 unspecified atom stereocenters. The lowest BCUT2D eigenvalue weighted by atomic mass is 10.2. The highest BCUT2D eigenvalue weighted by Crippen LogP contribution is 2.23. The molecular weight excluding hydrogens is 360 g/mol. The fourth-order valence-corrected chi connectivity index (χ4v) is 3.50. The zero-order valence-corrected chi connectivity index (χ0v) is 15.2. The van der Waals surface area contributed by atoms with Gasteiger partial charge in [-0.2, -0.15) is 0 Å². The molecule has 7 heteroatoms. The number of likely N-dealkylation sites (tertiary alicyclic amines) is 1. The zero-order chi connectivity index (χ0) is 19.5. The minimum atomic E-state index is -0.624. The summed E-state index contributed by atoms with van der Waals surface area (Å²) in [5.41, 5.74) is 1.56. The molecule has 2 fully saturated rings. The first-order valence-electron chi connectivity index (χ1n) is 9.17. The Morgan fingerprint density at radius 3 is 2.68 bits per heavy atom. The molecule has 1 atom stereocenters. The number of imide groups is 1. The van der Waals surface area contributed by atoms with Crippen LogP contribution in [0.15, 0.2) is 54.6 Å². The van der Waals surface area contributed by atoms with Crippen LogP contribution in [0.2, 0.25) is 0 Å². The summed E-state index contributed by atoms with van der Waals surface area (Å²) in [4.78, 5) is 39.2. The number of hydrogen-bond donors (Lipinski definition) is 0. The van der Waals surface area contributed by atoms with Crippen molar-refractivity contribution >= 4 is 17.9 Å². The van der Waals surface area contributed by atoms with Gasteiger partial charge in [0.15, 0.2) is 6.61 Å². The number of hydrogen-bond acceptors (Lipinski definition) is 5. The van der Waals surface area contributed by atoms with E-state index in [4.69, 9.17) is 9.47 Å². The van der Waals surface area contributed by atoms with Gasteiger partial charge in [0.2, 0.25) is 0 Å². The highest BCUT2D eigenvalue weighted by atomic mass is 16.6. The molecule has 144 valence electrons. The molecule has 7 nitrogen and oxygen atoms in total. The standard InChI is InChI=1S/C21H20N2O5/c24-19-14-28-21(26)23(19)17-9-10-22(12-17)20(25)16-7-4-8-18(11-16)27-13-15-5-2-1-3-6-15/h1-8,11,17H,9-10,12-14H2. The van der Waals surface area contributed by atoms with Gasteiger partial charge in [0.1, 0.15) is 12.4 Å². The van der Waals surface area contributed by atoms with Crippen LogP contribution in [-0.4, -0.2) is 53.4 Å². The third kappa shape index (κ3) is 3.69. The molecule has 0 bridgehead atoms. The molecule has 2 aliphatic rings. The first-order chi connectivity index (χ1) is 13.6. The number of nitrogens with zero attached hydrogens (tertiary/aromatic N) is 2. The van der Waals surface area contributed by atoms with Crippen LogP contribution in [0.4, 0.5) is 4.79 Å². The maximum absolute atomic E-state index is 12.8. The Hall–Kier alpha value is -3.35. The number of ether oxygens (including phenoxy) is 2. The quantitative estimate of drug-likeness (QED) is 0.796. The van der Waals surface area contributed by atoms with Crippen LogP contribution in [0.5, 0.6) is 5.75 Å². The molecule has 0 aliphatic carbocycles. The molecule has 2 aromatic rings. The first kappa shape index (κ1) is 18.0. The molecule has 2 heterocycles. The summed E-state index contributed by atoms with van der Waals surface area (Å²) in [6.07, 6.45) is -0.0721. The van der Waals surface area contributed by atoms with Crippen LogP contribution >= 0.6 is 0 Å². The normalized spacial score (nSPS) is 19.1. The maximum atomic E-state index is 12.8. The maximum Gasteiger partial charge on any atom is 0.417 e. The second kappa shape index (κ2) is 7.72. The SMILES string of the molecule is O=C(c1cccc(OCc2ccccc2)c1)N1CCC(N2C(=O)COC2=O)C1. The summed E-state index contributed by atoms with van der Waals surface area (Å²) in [6.45, 7) is 0.998. The average Bonchev–Trinajstić information content (AvgIpc) is 3.33. The van der Waals surface area contributed by atoms with Gasteiger partial charge in [-0.05, 0) is 30.2 Å². The second-order valence-corrected chi connectivity index (χ2v) is 6.81. The highest BCUT2D eigenvalue weighted by Gasteiger charge is 2.41. The number of carbonyl (C=O) groups is 3.